The van der Waals surface area contributed by atoms with Crippen LogP contribution in [0.5, 0.6) is 0 Å². The molecule has 0 bridgehead atoms. The van der Waals surface area contributed by atoms with Gasteiger partial charge in [0.25, 0.3) is 0 Å². The van der Waals surface area contributed by atoms with Gasteiger partial charge in [-0.15, -0.1) is 0 Å². The lowest BCUT2D eigenvalue weighted by Gasteiger charge is -2.11. The lowest BCUT2D eigenvalue weighted by Crippen LogP contribution is -2.18. The first-order chi connectivity index (χ1) is 6.90. The van der Waals surface area contributed by atoms with Crippen LogP contribution in [0.1, 0.15) is 17.3 Å². The van der Waals surface area contributed by atoms with Gasteiger partial charge in [-0.1, -0.05) is 55.7 Å². The van der Waals surface area contributed by atoms with Crippen molar-refractivity contribution in [2.45, 2.75) is 26.6 Å². The Morgan fingerprint density at radius 2 is 1.67 bits per heavy atom. The third kappa shape index (κ3) is 3.84. The molecule has 0 fully saturated rings. The molecule has 0 spiro atoms. The van der Waals surface area contributed by atoms with Crippen LogP contribution in [0.4, 0.5) is 0 Å². The first-order valence-corrected chi connectivity index (χ1v) is 8.77. The number of Topliss-reactive ketones (excluding diaryl/α,β-unsaturated/α-hetero) is 1. The zero-order valence-electron chi connectivity index (χ0n) is 9.87. The molecule has 0 radical (unpaired) electrons. The van der Waals surface area contributed by atoms with Crippen LogP contribution in [0.2, 0.25) is 19.6 Å². The van der Waals surface area contributed by atoms with Crippen LogP contribution >= 0.6 is 0 Å². The largest absolute Gasteiger partial charge is 0.289 e. The summed E-state index contributed by atoms with van der Waals surface area (Å²) in [6.07, 6.45) is 0. The lowest BCUT2D eigenvalue weighted by atomic mass is 10.1. The fourth-order valence-corrected chi connectivity index (χ4v) is 2.96. The number of hydrogen-bond donors (Lipinski definition) is 0. The maximum absolute atomic E-state index is 12.0. The van der Waals surface area contributed by atoms with Crippen molar-refractivity contribution in [1.82, 2.24) is 0 Å². The molecule has 0 unspecified atom stereocenters. The summed E-state index contributed by atoms with van der Waals surface area (Å²) in [5.41, 5.74) is 3.81. The van der Waals surface area contributed by atoms with Crippen molar-refractivity contribution in [3.05, 3.63) is 47.2 Å². The zero-order valence-corrected chi connectivity index (χ0v) is 10.9. The summed E-state index contributed by atoms with van der Waals surface area (Å²) in [6, 6.07) is 9.45. The van der Waals surface area contributed by atoms with Crippen LogP contribution in [0.25, 0.3) is 0 Å². The molecule has 1 nitrogen and oxygen atoms in total. The monoisotopic (exact) mass is 218 g/mol. The summed E-state index contributed by atoms with van der Waals surface area (Å²) < 4.78 is 0. The fourth-order valence-electron chi connectivity index (χ4n) is 1.53. The van der Waals surface area contributed by atoms with Gasteiger partial charge in [0.2, 0.25) is 0 Å². The fraction of sp³-hybridized carbons (Fsp3) is 0.308. The zero-order chi connectivity index (χ0) is 11.5. The van der Waals surface area contributed by atoms with E-state index in [-0.39, 0.29) is 5.78 Å². The molecule has 0 N–H and O–H groups in total. The van der Waals surface area contributed by atoms with E-state index in [4.69, 9.17) is 0 Å². The maximum atomic E-state index is 12.0. The molecular weight excluding hydrogens is 200 g/mol. The van der Waals surface area contributed by atoms with Crippen molar-refractivity contribution in [3.63, 3.8) is 0 Å². The molecule has 0 heterocycles. The van der Waals surface area contributed by atoms with Crippen molar-refractivity contribution in [2.75, 3.05) is 0 Å². The molecule has 0 aliphatic carbocycles. The molecule has 0 atom stereocenters. The normalized spacial score (nSPS) is 12.7. The standard InChI is InChI=1S/C13H18OSi/c1-11(10-15(2,3)4)13(14)12-8-6-5-7-9-12/h5-10H,1-4H3/b11-10+. The van der Waals surface area contributed by atoms with E-state index in [1.165, 1.54) is 0 Å². The number of carbonyl (C=O) groups excluding carboxylic acids is 1. The Hall–Kier alpha value is -1.15. The Kier molecular flexibility index (Phi) is 3.64. The summed E-state index contributed by atoms with van der Waals surface area (Å²) in [5, 5.41) is 0. The molecule has 1 rings (SSSR count). The third-order valence-corrected chi connectivity index (χ3v) is 3.34. The van der Waals surface area contributed by atoms with Gasteiger partial charge in [-0.2, -0.15) is 0 Å². The Balaban J connectivity index is 2.92. The summed E-state index contributed by atoms with van der Waals surface area (Å²) >= 11 is 0. The van der Waals surface area contributed by atoms with Gasteiger partial charge in [-0.05, 0) is 12.5 Å². The minimum Gasteiger partial charge on any atom is -0.289 e. The molecule has 0 saturated heterocycles. The molecule has 1 aromatic rings. The second-order valence-electron chi connectivity index (χ2n) is 4.89. The molecule has 0 aliphatic heterocycles. The Labute approximate surface area is 92.8 Å². The Morgan fingerprint density at radius 3 is 2.13 bits per heavy atom. The highest BCUT2D eigenvalue weighted by Gasteiger charge is 2.13. The summed E-state index contributed by atoms with van der Waals surface area (Å²) in [7, 11) is -1.30. The summed E-state index contributed by atoms with van der Waals surface area (Å²) in [4.78, 5) is 12.0. The number of ketones is 1. The molecule has 2 heteroatoms. The number of hydrogen-bond acceptors (Lipinski definition) is 1. The average Bonchev–Trinajstić information content (AvgIpc) is 2.15. The molecule has 0 amide bonds. The van der Waals surface area contributed by atoms with Crippen molar-refractivity contribution in [1.29, 1.82) is 0 Å². The number of carbonyl (C=O) groups is 1. The van der Waals surface area contributed by atoms with E-state index in [0.717, 1.165) is 11.1 Å². The van der Waals surface area contributed by atoms with Gasteiger partial charge >= 0.3 is 0 Å². The number of benzene rings is 1. The van der Waals surface area contributed by atoms with E-state index < -0.39 is 8.07 Å². The first kappa shape index (κ1) is 11.9. The lowest BCUT2D eigenvalue weighted by molar-refractivity contribution is 0.103. The van der Waals surface area contributed by atoms with E-state index in [2.05, 4.69) is 25.3 Å². The van der Waals surface area contributed by atoms with E-state index in [1.54, 1.807) is 0 Å². The van der Waals surface area contributed by atoms with E-state index >= 15 is 0 Å². The van der Waals surface area contributed by atoms with Gasteiger partial charge in [-0.3, -0.25) is 4.79 Å². The van der Waals surface area contributed by atoms with Crippen molar-refractivity contribution in [3.8, 4) is 0 Å². The van der Waals surface area contributed by atoms with Crippen LogP contribution in [0.3, 0.4) is 0 Å². The number of allylic oxidation sites excluding steroid dienone is 1. The number of rotatable bonds is 3. The minimum absolute atomic E-state index is 0.151. The van der Waals surface area contributed by atoms with Crippen molar-refractivity contribution in [2.24, 2.45) is 0 Å². The van der Waals surface area contributed by atoms with Crippen LogP contribution in [-0.4, -0.2) is 13.9 Å². The molecule has 0 saturated carbocycles. The van der Waals surface area contributed by atoms with Gasteiger partial charge in [0.1, 0.15) is 0 Å². The highest BCUT2D eigenvalue weighted by molar-refractivity contribution is 6.81. The van der Waals surface area contributed by atoms with Crippen molar-refractivity contribution >= 4 is 13.9 Å². The van der Waals surface area contributed by atoms with Crippen LogP contribution in [-0.2, 0) is 0 Å². The average molecular weight is 218 g/mol. The first-order valence-electron chi connectivity index (χ1n) is 5.19. The third-order valence-electron chi connectivity index (χ3n) is 2.04. The Morgan fingerprint density at radius 1 is 1.13 bits per heavy atom. The maximum Gasteiger partial charge on any atom is 0.188 e. The summed E-state index contributed by atoms with van der Waals surface area (Å²) in [6.45, 7) is 8.60. The van der Waals surface area contributed by atoms with Gasteiger partial charge in [-0.25, -0.2) is 0 Å². The van der Waals surface area contributed by atoms with E-state index in [1.807, 2.05) is 37.3 Å². The Bertz CT molecular complexity index is 371. The molecule has 0 aromatic heterocycles. The molecule has 15 heavy (non-hydrogen) atoms. The highest BCUT2D eigenvalue weighted by atomic mass is 28.3. The van der Waals surface area contributed by atoms with Gasteiger partial charge < -0.3 is 0 Å². The molecule has 80 valence electrons. The SMILES string of the molecule is C/C(=C\[Si](C)(C)C)C(=O)c1ccccc1. The van der Waals surface area contributed by atoms with Crippen LogP contribution in [0, 0.1) is 0 Å². The summed E-state index contributed by atoms with van der Waals surface area (Å²) in [5.74, 6) is 0.151. The smallest absolute Gasteiger partial charge is 0.188 e. The van der Waals surface area contributed by atoms with E-state index in [0.29, 0.717) is 0 Å². The van der Waals surface area contributed by atoms with Crippen LogP contribution < -0.4 is 0 Å². The topological polar surface area (TPSA) is 17.1 Å². The molecule has 1 aromatic carbocycles. The van der Waals surface area contributed by atoms with Gasteiger partial charge in [0, 0.05) is 5.56 Å². The second kappa shape index (κ2) is 4.58. The quantitative estimate of drug-likeness (QED) is 0.429. The van der Waals surface area contributed by atoms with E-state index in [9.17, 15) is 4.79 Å². The highest BCUT2D eigenvalue weighted by Crippen LogP contribution is 2.12. The molecule has 0 aliphatic rings. The molecular formula is C13H18OSi. The van der Waals surface area contributed by atoms with Gasteiger partial charge in [0.15, 0.2) is 5.78 Å². The van der Waals surface area contributed by atoms with Crippen molar-refractivity contribution < 1.29 is 4.79 Å². The predicted molar refractivity (Wildman–Crippen MR) is 67.9 cm³/mol. The predicted octanol–water partition coefficient (Wildman–Crippen LogP) is 3.69. The second-order valence-corrected chi connectivity index (χ2v) is 9.91. The van der Waals surface area contributed by atoms with Gasteiger partial charge in [0.05, 0.1) is 8.07 Å². The van der Waals surface area contributed by atoms with Crippen LogP contribution in [0.15, 0.2) is 41.6 Å². The minimum atomic E-state index is -1.30.